The van der Waals surface area contributed by atoms with Gasteiger partial charge in [-0.3, -0.25) is 4.79 Å². The number of aliphatic carboxylic acids is 1. The van der Waals surface area contributed by atoms with Crippen molar-refractivity contribution in [1.82, 2.24) is 4.31 Å². The van der Waals surface area contributed by atoms with Gasteiger partial charge in [-0.2, -0.15) is 17.5 Å². The molecule has 1 aromatic carbocycles. The van der Waals surface area contributed by atoms with Crippen LogP contribution in [0.3, 0.4) is 0 Å². The SMILES string of the molecule is COc1ccc(S(=O)(=O)N2C[C@@H](C(F)(F)F)[C@H](C(=O)O)C2)cc1OC. The van der Waals surface area contributed by atoms with Crippen LogP contribution in [-0.4, -0.2) is 57.3 Å². The molecule has 0 unspecified atom stereocenters. The smallest absolute Gasteiger partial charge is 0.393 e. The van der Waals surface area contributed by atoms with E-state index in [4.69, 9.17) is 14.6 Å². The van der Waals surface area contributed by atoms with E-state index in [0.717, 1.165) is 12.1 Å². The van der Waals surface area contributed by atoms with Gasteiger partial charge in [0.25, 0.3) is 0 Å². The number of alkyl halides is 3. The van der Waals surface area contributed by atoms with Crippen LogP contribution in [0.2, 0.25) is 0 Å². The van der Waals surface area contributed by atoms with Crippen molar-refractivity contribution >= 4 is 16.0 Å². The van der Waals surface area contributed by atoms with E-state index in [1.807, 2.05) is 0 Å². The van der Waals surface area contributed by atoms with E-state index >= 15 is 0 Å². The summed E-state index contributed by atoms with van der Waals surface area (Å²) in [5.41, 5.74) is 0. The van der Waals surface area contributed by atoms with Crippen LogP contribution in [0.5, 0.6) is 11.5 Å². The molecule has 2 atom stereocenters. The number of hydrogen-bond acceptors (Lipinski definition) is 5. The van der Waals surface area contributed by atoms with E-state index in [2.05, 4.69) is 0 Å². The molecule has 1 saturated heterocycles. The second-order valence-electron chi connectivity index (χ2n) is 5.43. The van der Waals surface area contributed by atoms with Gasteiger partial charge in [-0.15, -0.1) is 0 Å². The highest BCUT2D eigenvalue weighted by atomic mass is 32.2. The Balaban J connectivity index is 2.39. The Hall–Kier alpha value is -2.01. The Labute approximate surface area is 142 Å². The Kier molecular flexibility index (Phi) is 5.19. The lowest BCUT2D eigenvalue weighted by Crippen LogP contribution is -2.34. The molecule has 25 heavy (non-hydrogen) atoms. The number of nitrogens with zero attached hydrogens (tertiary/aromatic N) is 1. The van der Waals surface area contributed by atoms with Crippen molar-refractivity contribution in [3.63, 3.8) is 0 Å². The zero-order valence-electron chi connectivity index (χ0n) is 13.3. The molecule has 2 rings (SSSR count). The van der Waals surface area contributed by atoms with Crippen molar-refractivity contribution in [2.75, 3.05) is 27.3 Å². The van der Waals surface area contributed by atoms with Gasteiger partial charge in [0.15, 0.2) is 11.5 Å². The molecule has 0 aliphatic carbocycles. The summed E-state index contributed by atoms with van der Waals surface area (Å²) in [5.74, 6) is -5.47. The van der Waals surface area contributed by atoms with Gasteiger partial charge in [-0.1, -0.05) is 0 Å². The summed E-state index contributed by atoms with van der Waals surface area (Å²) < 4.78 is 74.8. The number of benzene rings is 1. The standard InChI is InChI=1S/C14H16F3NO6S/c1-23-11-4-3-8(5-12(11)24-2)25(21,22)18-6-9(13(19)20)10(7-18)14(15,16)17/h3-5,9-10H,6-7H2,1-2H3,(H,19,20)/t9-,10-/m1/s1. The van der Waals surface area contributed by atoms with Gasteiger partial charge in [0, 0.05) is 19.2 Å². The molecule has 1 heterocycles. The monoisotopic (exact) mass is 383 g/mol. The molecule has 0 radical (unpaired) electrons. The van der Waals surface area contributed by atoms with Gasteiger partial charge < -0.3 is 14.6 Å². The molecule has 11 heteroatoms. The summed E-state index contributed by atoms with van der Waals surface area (Å²) in [5, 5.41) is 8.99. The van der Waals surface area contributed by atoms with E-state index in [1.165, 1.54) is 20.3 Å². The van der Waals surface area contributed by atoms with Crippen LogP contribution < -0.4 is 9.47 Å². The van der Waals surface area contributed by atoms with Gasteiger partial charge in [-0.05, 0) is 12.1 Å². The molecule has 1 aliphatic rings. The number of rotatable bonds is 5. The quantitative estimate of drug-likeness (QED) is 0.830. The fraction of sp³-hybridized carbons (Fsp3) is 0.500. The average molecular weight is 383 g/mol. The Morgan fingerprint density at radius 3 is 2.24 bits per heavy atom. The molecule has 1 fully saturated rings. The number of methoxy groups -OCH3 is 2. The van der Waals surface area contributed by atoms with E-state index in [0.29, 0.717) is 4.31 Å². The molecule has 7 nitrogen and oxygen atoms in total. The van der Waals surface area contributed by atoms with Crippen molar-refractivity contribution in [2.45, 2.75) is 11.1 Å². The predicted octanol–water partition coefficient (Wildman–Crippen LogP) is 1.59. The fourth-order valence-corrected chi connectivity index (χ4v) is 4.18. The Morgan fingerprint density at radius 2 is 1.80 bits per heavy atom. The minimum Gasteiger partial charge on any atom is -0.493 e. The molecule has 1 aliphatic heterocycles. The minimum absolute atomic E-state index is 0.0879. The third kappa shape index (κ3) is 3.66. The molecule has 1 N–H and O–H groups in total. The molecule has 140 valence electrons. The first kappa shape index (κ1) is 19.3. The summed E-state index contributed by atoms with van der Waals surface area (Å²) in [7, 11) is -1.69. The lowest BCUT2D eigenvalue weighted by molar-refractivity contribution is -0.187. The number of carboxylic acid groups (broad SMARTS) is 1. The second kappa shape index (κ2) is 6.71. The molecule has 0 aromatic heterocycles. The number of carboxylic acids is 1. The zero-order chi connectivity index (χ0) is 19.0. The van der Waals surface area contributed by atoms with Gasteiger partial charge >= 0.3 is 12.1 Å². The first-order valence-electron chi connectivity index (χ1n) is 7.04. The third-order valence-electron chi connectivity index (χ3n) is 4.02. The van der Waals surface area contributed by atoms with Crippen LogP contribution in [0.25, 0.3) is 0 Å². The molecule has 0 spiro atoms. The van der Waals surface area contributed by atoms with E-state index in [9.17, 15) is 26.4 Å². The van der Waals surface area contributed by atoms with Gasteiger partial charge in [-0.25, -0.2) is 8.42 Å². The lowest BCUT2D eigenvalue weighted by Gasteiger charge is -2.19. The van der Waals surface area contributed by atoms with Gasteiger partial charge in [0.2, 0.25) is 10.0 Å². The van der Waals surface area contributed by atoms with Crippen molar-refractivity contribution < 1.29 is 41.0 Å². The highest BCUT2D eigenvalue weighted by Gasteiger charge is 2.55. The number of halogens is 3. The maximum atomic E-state index is 13.0. The van der Waals surface area contributed by atoms with Crippen LogP contribution >= 0.6 is 0 Å². The third-order valence-corrected chi connectivity index (χ3v) is 5.84. The van der Waals surface area contributed by atoms with Crippen molar-refractivity contribution in [3.8, 4) is 11.5 Å². The molecule has 0 amide bonds. The summed E-state index contributed by atoms with van der Waals surface area (Å²) in [6.07, 6.45) is -4.81. The largest absolute Gasteiger partial charge is 0.493 e. The molecule has 0 saturated carbocycles. The summed E-state index contributed by atoms with van der Waals surface area (Å²) in [6.45, 7) is -1.70. The fourth-order valence-electron chi connectivity index (χ4n) is 2.67. The second-order valence-corrected chi connectivity index (χ2v) is 7.37. The van der Waals surface area contributed by atoms with Crippen LogP contribution in [0.1, 0.15) is 0 Å². The van der Waals surface area contributed by atoms with Crippen molar-refractivity contribution in [1.29, 1.82) is 0 Å². The van der Waals surface area contributed by atoms with Crippen LogP contribution in [-0.2, 0) is 14.8 Å². The Morgan fingerprint density at radius 1 is 1.20 bits per heavy atom. The first-order valence-corrected chi connectivity index (χ1v) is 8.48. The summed E-state index contributed by atoms with van der Waals surface area (Å²) in [4.78, 5) is 10.8. The van der Waals surface area contributed by atoms with Gasteiger partial charge in [0.05, 0.1) is 31.0 Å². The van der Waals surface area contributed by atoms with Crippen molar-refractivity contribution in [2.24, 2.45) is 11.8 Å². The lowest BCUT2D eigenvalue weighted by atomic mass is 9.96. The highest BCUT2D eigenvalue weighted by Crippen LogP contribution is 2.40. The summed E-state index contributed by atoms with van der Waals surface area (Å²) >= 11 is 0. The normalized spacial score (nSPS) is 22.0. The van der Waals surface area contributed by atoms with Crippen LogP contribution in [0.15, 0.2) is 23.1 Å². The van der Waals surface area contributed by atoms with Crippen LogP contribution in [0.4, 0.5) is 13.2 Å². The van der Waals surface area contributed by atoms with E-state index in [-0.39, 0.29) is 16.4 Å². The highest BCUT2D eigenvalue weighted by molar-refractivity contribution is 7.89. The molecular formula is C14H16F3NO6S. The number of ether oxygens (including phenoxy) is 2. The first-order chi connectivity index (χ1) is 11.5. The van der Waals surface area contributed by atoms with E-state index < -0.39 is 47.1 Å². The molecule has 1 aromatic rings. The van der Waals surface area contributed by atoms with Crippen LogP contribution in [0, 0.1) is 11.8 Å². The molecule has 0 bridgehead atoms. The number of sulfonamides is 1. The molecular weight excluding hydrogens is 367 g/mol. The zero-order valence-corrected chi connectivity index (χ0v) is 14.1. The minimum atomic E-state index is -4.81. The number of carbonyl (C=O) groups is 1. The maximum absolute atomic E-state index is 13.0. The average Bonchev–Trinajstić information content (AvgIpc) is 3.00. The predicted molar refractivity (Wildman–Crippen MR) is 79.0 cm³/mol. The maximum Gasteiger partial charge on any atom is 0.393 e. The Bertz CT molecular complexity index is 764. The number of hydrogen-bond donors (Lipinski definition) is 1. The van der Waals surface area contributed by atoms with Crippen molar-refractivity contribution in [3.05, 3.63) is 18.2 Å². The van der Waals surface area contributed by atoms with E-state index in [1.54, 1.807) is 0 Å². The topological polar surface area (TPSA) is 93.1 Å². The summed E-state index contributed by atoms with van der Waals surface area (Å²) in [6, 6.07) is 3.58. The van der Waals surface area contributed by atoms with Gasteiger partial charge in [0.1, 0.15) is 0 Å².